The number of benzene rings is 3. The van der Waals surface area contributed by atoms with Crippen LogP contribution in [0.3, 0.4) is 0 Å². The van der Waals surface area contributed by atoms with Gasteiger partial charge in [-0.3, -0.25) is 9.52 Å². The van der Waals surface area contributed by atoms with Gasteiger partial charge in [-0.05, 0) is 74.9 Å². The summed E-state index contributed by atoms with van der Waals surface area (Å²) >= 11 is 0. The Hall–Kier alpha value is -3.65. The lowest BCUT2D eigenvalue weighted by Gasteiger charge is -2.16. The Bertz CT molecular complexity index is 1210. The number of esters is 2. The molecule has 3 aromatic rings. The Morgan fingerprint density at radius 3 is 2.03 bits per heavy atom. The van der Waals surface area contributed by atoms with Crippen molar-refractivity contribution in [1.29, 1.82) is 0 Å². The normalized spacial score (nSPS) is 11.5. The van der Waals surface area contributed by atoms with Gasteiger partial charge in [-0.2, -0.15) is 0 Å². The zero-order chi connectivity index (χ0) is 24.1. The molecule has 1 N–H and O–H groups in total. The summed E-state index contributed by atoms with van der Waals surface area (Å²) in [5.41, 5.74) is 0.790. The molecule has 172 valence electrons. The molecule has 0 aliphatic carbocycles. The van der Waals surface area contributed by atoms with E-state index in [4.69, 9.17) is 9.47 Å². The van der Waals surface area contributed by atoms with Crippen LogP contribution in [0.2, 0.25) is 0 Å². The minimum Gasteiger partial charge on any atom is -0.457 e. The van der Waals surface area contributed by atoms with Crippen LogP contribution in [0, 0.1) is 5.41 Å². The molecule has 0 aliphatic heterocycles. The van der Waals surface area contributed by atoms with Crippen molar-refractivity contribution in [2.24, 2.45) is 5.41 Å². The van der Waals surface area contributed by atoms with Gasteiger partial charge in [-0.25, -0.2) is 13.2 Å². The molecule has 8 heteroatoms. The molecule has 0 heterocycles. The van der Waals surface area contributed by atoms with E-state index in [0.29, 0.717) is 5.56 Å². The molecule has 0 aromatic heterocycles. The van der Waals surface area contributed by atoms with Crippen LogP contribution in [-0.4, -0.2) is 20.4 Å². The van der Waals surface area contributed by atoms with E-state index >= 15 is 0 Å². The van der Waals surface area contributed by atoms with Gasteiger partial charge < -0.3 is 9.47 Å². The van der Waals surface area contributed by atoms with Crippen LogP contribution in [0.15, 0.2) is 83.8 Å². The van der Waals surface area contributed by atoms with Crippen LogP contribution in [0.4, 0.5) is 5.69 Å². The Morgan fingerprint density at radius 1 is 0.848 bits per heavy atom. The van der Waals surface area contributed by atoms with E-state index in [1.165, 1.54) is 48.5 Å². The molecule has 0 saturated carbocycles. The van der Waals surface area contributed by atoms with Crippen LogP contribution >= 0.6 is 0 Å². The third-order valence-corrected chi connectivity index (χ3v) is 5.94. The number of hydrogen-bond acceptors (Lipinski definition) is 6. The molecule has 0 atom stereocenters. The average molecular weight is 468 g/mol. The Morgan fingerprint density at radius 2 is 1.45 bits per heavy atom. The largest absolute Gasteiger partial charge is 0.457 e. The van der Waals surface area contributed by atoms with Crippen molar-refractivity contribution in [1.82, 2.24) is 0 Å². The first-order valence-corrected chi connectivity index (χ1v) is 11.7. The topological polar surface area (TPSA) is 98.8 Å². The number of anilines is 1. The Balaban J connectivity index is 1.61. The highest BCUT2D eigenvalue weighted by Crippen LogP contribution is 2.23. The zero-order valence-corrected chi connectivity index (χ0v) is 19.4. The second kappa shape index (κ2) is 9.87. The van der Waals surface area contributed by atoms with Crippen LogP contribution in [0.5, 0.6) is 5.75 Å². The highest BCUT2D eigenvalue weighted by molar-refractivity contribution is 7.92. The van der Waals surface area contributed by atoms with E-state index in [0.717, 1.165) is 5.56 Å². The molecule has 0 radical (unpaired) electrons. The second-order valence-electron chi connectivity index (χ2n) is 8.36. The lowest BCUT2D eigenvalue weighted by Crippen LogP contribution is -2.25. The number of carbonyl (C=O) groups excluding carboxylic acids is 2. The maximum atomic E-state index is 12.7. The van der Waals surface area contributed by atoms with E-state index in [1.54, 1.807) is 20.8 Å². The van der Waals surface area contributed by atoms with Crippen molar-refractivity contribution < 1.29 is 27.5 Å². The predicted molar refractivity (Wildman–Crippen MR) is 124 cm³/mol. The van der Waals surface area contributed by atoms with Crippen molar-refractivity contribution in [3.63, 3.8) is 0 Å². The summed E-state index contributed by atoms with van der Waals surface area (Å²) < 4.78 is 38.3. The third-order valence-electron chi connectivity index (χ3n) is 4.54. The molecule has 0 saturated heterocycles. The van der Waals surface area contributed by atoms with E-state index in [1.807, 2.05) is 30.3 Å². The van der Waals surface area contributed by atoms with E-state index in [9.17, 15) is 18.0 Å². The van der Waals surface area contributed by atoms with Gasteiger partial charge >= 0.3 is 11.9 Å². The third kappa shape index (κ3) is 6.66. The molecule has 3 aromatic carbocycles. The van der Waals surface area contributed by atoms with Gasteiger partial charge in [-0.1, -0.05) is 30.3 Å². The molecule has 0 unspecified atom stereocenters. The van der Waals surface area contributed by atoms with Crippen LogP contribution in [0.1, 0.15) is 36.7 Å². The number of ether oxygens (including phenoxy) is 2. The first-order valence-electron chi connectivity index (χ1n) is 10.2. The van der Waals surface area contributed by atoms with Crippen molar-refractivity contribution in [2.45, 2.75) is 32.3 Å². The number of hydrogen-bond donors (Lipinski definition) is 1. The van der Waals surface area contributed by atoms with Gasteiger partial charge in [-0.15, -0.1) is 0 Å². The second-order valence-corrected chi connectivity index (χ2v) is 10.0. The average Bonchev–Trinajstić information content (AvgIpc) is 2.78. The van der Waals surface area contributed by atoms with E-state index < -0.39 is 27.4 Å². The number of rotatable bonds is 7. The van der Waals surface area contributed by atoms with Gasteiger partial charge in [0.1, 0.15) is 12.4 Å². The standard InChI is InChI=1S/C25H25NO6S/c1-25(2,3)24(28)32-21-13-15-22(16-14-21)33(29,30)26-20-11-9-19(10-12-20)23(27)31-17-18-7-5-4-6-8-18/h4-16,26H,17H2,1-3H3. The molecule has 7 nitrogen and oxygen atoms in total. The lowest BCUT2D eigenvalue weighted by molar-refractivity contribution is -0.143. The van der Waals surface area contributed by atoms with Crippen molar-refractivity contribution >= 4 is 27.6 Å². The predicted octanol–water partition coefficient (Wildman–Crippen LogP) is 4.80. The summed E-state index contributed by atoms with van der Waals surface area (Å²) in [6.07, 6.45) is 0. The SMILES string of the molecule is CC(C)(C)C(=O)Oc1ccc(S(=O)(=O)Nc2ccc(C(=O)OCc3ccccc3)cc2)cc1. The minimum atomic E-state index is -3.87. The molecule has 0 aliphatic rings. The maximum Gasteiger partial charge on any atom is 0.338 e. The Kier molecular flexibility index (Phi) is 7.18. The molecular formula is C25H25NO6S. The van der Waals surface area contributed by atoms with Gasteiger partial charge in [0.05, 0.1) is 15.9 Å². The van der Waals surface area contributed by atoms with Gasteiger partial charge in [0, 0.05) is 5.69 Å². The highest BCUT2D eigenvalue weighted by atomic mass is 32.2. The van der Waals surface area contributed by atoms with Crippen molar-refractivity contribution in [2.75, 3.05) is 4.72 Å². The summed E-state index contributed by atoms with van der Waals surface area (Å²) in [5, 5.41) is 0. The van der Waals surface area contributed by atoms with Gasteiger partial charge in [0.2, 0.25) is 0 Å². The van der Waals surface area contributed by atoms with Crippen LogP contribution < -0.4 is 9.46 Å². The van der Waals surface area contributed by atoms with Crippen molar-refractivity contribution in [3.05, 3.63) is 90.0 Å². The molecular weight excluding hydrogens is 442 g/mol. The first-order chi connectivity index (χ1) is 15.5. The maximum absolute atomic E-state index is 12.7. The summed E-state index contributed by atoms with van der Waals surface area (Å²) in [6.45, 7) is 5.33. The molecule has 3 rings (SSSR count). The highest BCUT2D eigenvalue weighted by Gasteiger charge is 2.24. The monoisotopic (exact) mass is 467 g/mol. The zero-order valence-electron chi connectivity index (χ0n) is 18.6. The summed E-state index contributed by atoms with van der Waals surface area (Å²) in [5.74, 6) is -0.667. The van der Waals surface area contributed by atoms with E-state index in [2.05, 4.69) is 4.72 Å². The van der Waals surface area contributed by atoms with Crippen LogP contribution in [0.25, 0.3) is 0 Å². The number of sulfonamides is 1. The lowest BCUT2D eigenvalue weighted by atomic mass is 9.97. The summed E-state index contributed by atoms with van der Waals surface area (Å²) in [7, 11) is -3.87. The fourth-order valence-electron chi connectivity index (χ4n) is 2.64. The molecule has 0 amide bonds. The van der Waals surface area contributed by atoms with Crippen molar-refractivity contribution in [3.8, 4) is 5.75 Å². The smallest absolute Gasteiger partial charge is 0.338 e. The van der Waals surface area contributed by atoms with E-state index in [-0.39, 0.29) is 22.9 Å². The number of nitrogens with one attached hydrogen (secondary N) is 1. The Labute approximate surface area is 193 Å². The summed E-state index contributed by atoms with van der Waals surface area (Å²) in [6, 6.07) is 20.8. The molecule has 0 spiro atoms. The fourth-order valence-corrected chi connectivity index (χ4v) is 3.70. The number of carbonyl (C=O) groups is 2. The summed E-state index contributed by atoms with van der Waals surface area (Å²) in [4.78, 5) is 24.2. The molecule has 0 bridgehead atoms. The first kappa shape index (κ1) is 24.0. The molecule has 0 fully saturated rings. The minimum absolute atomic E-state index is 0.00408. The molecule has 33 heavy (non-hydrogen) atoms. The van der Waals surface area contributed by atoms with Gasteiger partial charge in [0.25, 0.3) is 10.0 Å². The fraction of sp³-hybridized carbons (Fsp3) is 0.200. The van der Waals surface area contributed by atoms with Crippen LogP contribution in [-0.2, 0) is 26.2 Å². The quantitative estimate of drug-likeness (QED) is 0.396. The van der Waals surface area contributed by atoms with Gasteiger partial charge in [0.15, 0.2) is 0 Å².